The number of nitrogens with zero attached hydrogens (tertiary/aromatic N) is 2. The SMILES string of the molecule is C[C@@H]1CCCN1C1CCc2ccc(-c3cncc(C(=N)c4ccc5c(c4)OCCC5(C)O)c3)cc2CC1. The molecule has 3 heterocycles. The Morgan fingerprint density at radius 3 is 2.65 bits per heavy atom. The molecule has 0 saturated carbocycles. The molecule has 6 rings (SSSR count). The summed E-state index contributed by atoms with van der Waals surface area (Å²) >= 11 is 0. The van der Waals surface area contributed by atoms with E-state index < -0.39 is 5.60 Å². The van der Waals surface area contributed by atoms with Crippen molar-refractivity contribution in [2.45, 2.75) is 76.5 Å². The van der Waals surface area contributed by atoms with Gasteiger partial charge in [0.15, 0.2) is 0 Å². The fourth-order valence-corrected chi connectivity index (χ4v) is 6.54. The maximum atomic E-state index is 10.7. The van der Waals surface area contributed by atoms with Gasteiger partial charge < -0.3 is 9.84 Å². The van der Waals surface area contributed by atoms with Crippen molar-refractivity contribution < 1.29 is 9.84 Å². The summed E-state index contributed by atoms with van der Waals surface area (Å²) < 4.78 is 5.81. The highest BCUT2D eigenvalue weighted by Gasteiger charge is 2.31. The van der Waals surface area contributed by atoms with E-state index in [1.807, 2.05) is 31.3 Å². The molecule has 3 aromatic rings. The maximum absolute atomic E-state index is 10.7. The first-order valence-corrected chi connectivity index (χ1v) is 13.8. The highest BCUT2D eigenvalue weighted by atomic mass is 16.5. The Bertz CT molecular complexity index is 1330. The minimum atomic E-state index is -0.895. The summed E-state index contributed by atoms with van der Waals surface area (Å²) in [5.74, 6) is 0.662. The molecule has 2 aliphatic heterocycles. The fourth-order valence-electron chi connectivity index (χ4n) is 6.54. The second-order valence-corrected chi connectivity index (χ2v) is 11.4. The van der Waals surface area contributed by atoms with Crippen molar-refractivity contribution in [1.29, 1.82) is 5.41 Å². The van der Waals surface area contributed by atoms with Gasteiger partial charge in [0.05, 0.1) is 17.9 Å². The van der Waals surface area contributed by atoms with E-state index in [0.717, 1.165) is 41.1 Å². The largest absolute Gasteiger partial charge is 0.493 e. The van der Waals surface area contributed by atoms with Crippen LogP contribution in [0.5, 0.6) is 5.75 Å². The molecule has 37 heavy (non-hydrogen) atoms. The molecule has 0 radical (unpaired) electrons. The quantitative estimate of drug-likeness (QED) is 0.350. The molecule has 1 aliphatic carbocycles. The van der Waals surface area contributed by atoms with E-state index in [1.165, 1.54) is 48.9 Å². The average Bonchev–Trinajstić information content (AvgIpc) is 3.22. The lowest BCUT2D eigenvalue weighted by atomic mass is 9.88. The predicted octanol–water partition coefficient (Wildman–Crippen LogP) is 5.89. The second kappa shape index (κ2) is 9.70. The smallest absolute Gasteiger partial charge is 0.126 e. The molecule has 2 aromatic carbocycles. The Hall–Kier alpha value is -3.02. The summed E-state index contributed by atoms with van der Waals surface area (Å²) in [6, 6.07) is 16.0. The van der Waals surface area contributed by atoms with E-state index in [1.54, 1.807) is 6.20 Å². The van der Waals surface area contributed by atoms with Gasteiger partial charge in [-0.3, -0.25) is 15.3 Å². The lowest BCUT2D eigenvalue weighted by molar-refractivity contribution is 0.0147. The highest BCUT2D eigenvalue weighted by Crippen LogP contribution is 2.37. The molecule has 2 unspecified atom stereocenters. The van der Waals surface area contributed by atoms with Crippen LogP contribution >= 0.6 is 0 Å². The molecule has 5 heteroatoms. The first kappa shape index (κ1) is 24.3. The number of aryl methyl sites for hydroxylation is 2. The van der Waals surface area contributed by atoms with Crippen molar-refractivity contribution in [1.82, 2.24) is 9.88 Å². The summed E-state index contributed by atoms with van der Waals surface area (Å²) in [4.78, 5) is 7.25. The molecular weight excluding hydrogens is 458 g/mol. The van der Waals surface area contributed by atoms with Gasteiger partial charge in [-0.2, -0.15) is 0 Å². The van der Waals surface area contributed by atoms with Crippen molar-refractivity contribution >= 4 is 5.71 Å². The van der Waals surface area contributed by atoms with Crippen LogP contribution in [0.3, 0.4) is 0 Å². The van der Waals surface area contributed by atoms with E-state index in [4.69, 9.17) is 10.1 Å². The summed E-state index contributed by atoms with van der Waals surface area (Å²) in [7, 11) is 0. The van der Waals surface area contributed by atoms with Crippen LogP contribution in [0, 0.1) is 5.41 Å². The monoisotopic (exact) mass is 495 g/mol. The summed E-state index contributed by atoms with van der Waals surface area (Å²) in [6.07, 6.45) is 11.7. The fraction of sp³-hybridized carbons (Fsp3) is 0.438. The van der Waals surface area contributed by atoms with Crippen LogP contribution < -0.4 is 4.74 Å². The molecule has 1 fully saturated rings. The van der Waals surface area contributed by atoms with Gasteiger partial charge in [-0.1, -0.05) is 30.3 Å². The van der Waals surface area contributed by atoms with Gasteiger partial charge in [0.25, 0.3) is 0 Å². The molecule has 3 atom stereocenters. The van der Waals surface area contributed by atoms with Gasteiger partial charge in [-0.05, 0) is 87.7 Å². The first-order chi connectivity index (χ1) is 17.9. The topological polar surface area (TPSA) is 69.4 Å². The van der Waals surface area contributed by atoms with Crippen molar-refractivity contribution in [3.8, 4) is 16.9 Å². The molecule has 0 amide bonds. The van der Waals surface area contributed by atoms with E-state index in [2.05, 4.69) is 41.1 Å². The summed E-state index contributed by atoms with van der Waals surface area (Å²) in [5, 5.41) is 19.6. The van der Waals surface area contributed by atoms with Crippen LogP contribution in [0.4, 0.5) is 0 Å². The molecule has 1 saturated heterocycles. The number of benzene rings is 2. The van der Waals surface area contributed by atoms with Crippen LogP contribution in [-0.2, 0) is 18.4 Å². The van der Waals surface area contributed by atoms with Crippen LogP contribution in [-0.4, -0.2) is 45.9 Å². The number of fused-ring (bicyclic) bond motifs is 2. The van der Waals surface area contributed by atoms with Crippen LogP contribution in [0.25, 0.3) is 11.1 Å². The van der Waals surface area contributed by atoms with Gasteiger partial charge in [0.2, 0.25) is 0 Å². The zero-order valence-electron chi connectivity index (χ0n) is 22.0. The Balaban J connectivity index is 1.23. The molecule has 0 spiro atoms. The lowest BCUT2D eigenvalue weighted by Crippen LogP contribution is -2.37. The van der Waals surface area contributed by atoms with Gasteiger partial charge in [0.1, 0.15) is 5.75 Å². The average molecular weight is 496 g/mol. The normalized spacial score (nSPS) is 25.6. The Kier molecular flexibility index (Phi) is 6.37. The van der Waals surface area contributed by atoms with Crippen molar-refractivity contribution in [3.63, 3.8) is 0 Å². The van der Waals surface area contributed by atoms with Gasteiger partial charge in [0, 0.05) is 53.2 Å². The molecule has 3 aliphatic rings. The molecular formula is C32H37N3O2. The zero-order valence-corrected chi connectivity index (χ0v) is 22.0. The predicted molar refractivity (Wildman–Crippen MR) is 148 cm³/mol. The minimum Gasteiger partial charge on any atom is -0.493 e. The summed E-state index contributed by atoms with van der Waals surface area (Å²) in [5.41, 5.74) is 6.99. The molecule has 5 nitrogen and oxygen atoms in total. The van der Waals surface area contributed by atoms with E-state index in [-0.39, 0.29) is 0 Å². The van der Waals surface area contributed by atoms with Crippen molar-refractivity contribution in [3.05, 3.63) is 82.7 Å². The van der Waals surface area contributed by atoms with Crippen LogP contribution in [0.1, 0.15) is 73.8 Å². The number of rotatable bonds is 4. The molecule has 0 bridgehead atoms. The number of aliphatic hydroxyl groups is 1. The van der Waals surface area contributed by atoms with Crippen LogP contribution in [0.2, 0.25) is 0 Å². The number of aromatic nitrogens is 1. The number of hydrogen-bond donors (Lipinski definition) is 2. The van der Waals surface area contributed by atoms with Crippen molar-refractivity contribution in [2.75, 3.05) is 13.2 Å². The molecule has 2 N–H and O–H groups in total. The van der Waals surface area contributed by atoms with E-state index in [0.29, 0.717) is 30.5 Å². The van der Waals surface area contributed by atoms with Gasteiger partial charge in [-0.15, -0.1) is 0 Å². The van der Waals surface area contributed by atoms with E-state index in [9.17, 15) is 5.11 Å². The van der Waals surface area contributed by atoms with Gasteiger partial charge >= 0.3 is 0 Å². The zero-order chi connectivity index (χ0) is 25.6. The number of pyridine rings is 1. The highest BCUT2D eigenvalue weighted by molar-refractivity contribution is 6.11. The Morgan fingerprint density at radius 2 is 1.84 bits per heavy atom. The molecule has 1 aromatic heterocycles. The third-order valence-electron chi connectivity index (χ3n) is 8.83. The standard InChI is InChI=1S/C32H37N3O2/c1-21-4-3-14-35(21)28-10-7-22-5-6-24(16-23(22)8-11-28)26-17-27(20-34-19-26)31(33)25-9-12-29-30(18-25)37-15-13-32(29,2)36/h5-6,9,12,16-21,28,33,36H,3-4,7-8,10-11,13-15H2,1-2H3/t21-,28?,32?/m1/s1. The lowest BCUT2D eigenvalue weighted by Gasteiger charge is -2.31. The summed E-state index contributed by atoms with van der Waals surface area (Å²) in [6.45, 7) is 5.94. The maximum Gasteiger partial charge on any atom is 0.126 e. The van der Waals surface area contributed by atoms with E-state index >= 15 is 0 Å². The van der Waals surface area contributed by atoms with Crippen molar-refractivity contribution in [2.24, 2.45) is 0 Å². The molecule has 192 valence electrons. The third-order valence-corrected chi connectivity index (χ3v) is 8.83. The number of likely N-dealkylation sites (tertiary alicyclic amines) is 1. The van der Waals surface area contributed by atoms with Gasteiger partial charge in [-0.25, -0.2) is 0 Å². The number of ether oxygens (including phenoxy) is 1. The Labute approximate surface area is 220 Å². The Morgan fingerprint density at radius 1 is 1.00 bits per heavy atom. The first-order valence-electron chi connectivity index (χ1n) is 13.8. The second-order valence-electron chi connectivity index (χ2n) is 11.4. The third kappa shape index (κ3) is 4.71. The minimum absolute atomic E-state index is 0.406. The van der Waals surface area contributed by atoms with Crippen LogP contribution in [0.15, 0.2) is 54.9 Å². The number of hydrogen-bond acceptors (Lipinski definition) is 5. The number of nitrogens with one attached hydrogen (secondary N) is 1.